The van der Waals surface area contributed by atoms with Gasteiger partial charge >= 0.3 is 17.4 Å². The van der Waals surface area contributed by atoms with Gasteiger partial charge in [0, 0.05) is 13.2 Å². The molecule has 0 heterocycles. The predicted molar refractivity (Wildman–Crippen MR) is 90.7 cm³/mol. The maximum atomic E-state index is 6.30. The molecule has 0 aromatic carbocycles. The predicted octanol–water partition coefficient (Wildman–Crippen LogP) is 4.01. The summed E-state index contributed by atoms with van der Waals surface area (Å²) in [6.07, 6.45) is 0. The van der Waals surface area contributed by atoms with Gasteiger partial charge in [-0.3, -0.25) is 0 Å². The Kier molecular flexibility index (Phi) is 6.89. The highest BCUT2D eigenvalue weighted by Crippen LogP contribution is 2.24. The van der Waals surface area contributed by atoms with Crippen molar-refractivity contribution >= 4 is 34.0 Å². The minimum Gasteiger partial charge on any atom is -0.437 e. The molecule has 0 saturated carbocycles. The van der Waals surface area contributed by atoms with Crippen molar-refractivity contribution in [3.63, 3.8) is 0 Å². The Morgan fingerprint density at radius 2 is 1.05 bits per heavy atom. The van der Waals surface area contributed by atoms with E-state index in [1.807, 2.05) is 13.5 Å². The van der Waals surface area contributed by atoms with Crippen LogP contribution in [0.2, 0.25) is 58.9 Å². The molecular weight excluding hydrogens is 308 g/mol. The van der Waals surface area contributed by atoms with Gasteiger partial charge in [0.1, 0.15) is 0 Å². The third-order valence-corrected chi connectivity index (χ3v) is 14.5. The van der Waals surface area contributed by atoms with Gasteiger partial charge in [0.15, 0.2) is 16.6 Å². The molecule has 0 radical (unpaired) electrons. The van der Waals surface area contributed by atoms with Crippen LogP contribution in [0.5, 0.6) is 0 Å². The summed E-state index contributed by atoms with van der Waals surface area (Å²) >= 11 is 0. The molecule has 1 unspecified atom stereocenters. The molecule has 0 rings (SSSR count). The highest BCUT2D eigenvalue weighted by molar-refractivity contribution is 6.87. The standard InChI is InChI=1S/C11H32O4Si4/c1-11-12-19(10,14-17(5,6)7)15-18(8,9)13-16(2,3)4/h11H2,1-10H3. The molecule has 0 aliphatic heterocycles. The minimum absolute atomic E-state index is 0.616. The molecule has 116 valence electrons. The normalized spacial score (nSPS) is 17.4. The highest BCUT2D eigenvalue weighted by Gasteiger charge is 2.46. The molecule has 0 aromatic rings. The minimum atomic E-state index is -2.60. The van der Waals surface area contributed by atoms with Crippen molar-refractivity contribution in [2.45, 2.75) is 65.8 Å². The first kappa shape index (κ1) is 19.7. The summed E-state index contributed by atoms with van der Waals surface area (Å²) in [5.74, 6) is 0. The number of hydrogen-bond donors (Lipinski definition) is 0. The van der Waals surface area contributed by atoms with E-state index in [0.29, 0.717) is 6.61 Å². The summed E-state index contributed by atoms with van der Waals surface area (Å²) in [7, 11) is -8.13. The molecule has 0 fully saturated rings. The Labute approximate surface area is 123 Å². The van der Waals surface area contributed by atoms with Gasteiger partial charge in [-0.15, -0.1) is 0 Å². The molecule has 19 heavy (non-hydrogen) atoms. The van der Waals surface area contributed by atoms with Crippen LogP contribution in [-0.2, 0) is 16.8 Å². The lowest BCUT2D eigenvalue weighted by atomic mass is 10.9. The molecule has 4 nitrogen and oxygen atoms in total. The quantitative estimate of drug-likeness (QED) is 0.626. The molecule has 0 N–H and O–H groups in total. The average molecular weight is 341 g/mol. The van der Waals surface area contributed by atoms with Crippen molar-refractivity contribution in [1.29, 1.82) is 0 Å². The van der Waals surface area contributed by atoms with E-state index >= 15 is 0 Å². The fourth-order valence-electron chi connectivity index (χ4n) is 2.10. The van der Waals surface area contributed by atoms with Crippen molar-refractivity contribution < 1.29 is 16.8 Å². The van der Waals surface area contributed by atoms with Crippen molar-refractivity contribution in [2.24, 2.45) is 0 Å². The van der Waals surface area contributed by atoms with Crippen LogP contribution in [0.15, 0.2) is 0 Å². The van der Waals surface area contributed by atoms with Gasteiger partial charge in [0.2, 0.25) is 0 Å². The maximum Gasteiger partial charge on any atom is 0.478 e. The first-order valence-electron chi connectivity index (χ1n) is 6.92. The van der Waals surface area contributed by atoms with Gasteiger partial charge < -0.3 is 16.8 Å². The summed E-state index contributed by atoms with van der Waals surface area (Å²) in [4.78, 5) is 0. The van der Waals surface area contributed by atoms with Crippen LogP contribution >= 0.6 is 0 Å². The van der Waals surface area contributed by atoms with E-state index in [1.54, 1.807) is 0 Å². The maximum absolute atomic E-state index is 6.30. The SMILES string of the molecule is CCO[Si](C)(O[Si](C)(C)C)O[Si](C)(C)O[Si](C)(C)C. The van der Waals surface area contributed by atoms with Gasteiger partial charge in [-0.2, -0.15) is 0 Å². The van der Waals surface area contributed by atoms with Crippen LogP contribution in [-0.4, -0.2) is 40.6 Å². The zero-order valence-electron chi connectivity index (χ0n) is 14.3. The molecule has 0 aliphatic rings. The third kappa shape index (κ3) is 10.1. The van der Waals surface area contributed by atoms with E-state index in [0.717, 1.165) is 0 Å². The van der Waals surface area contributed by atoms with Crippen LogP contribution in [0.3, 0.4) is 0 Å². The average Bonchev–Trinajstić information content (AvgIpc) is 1.90. The van der Waals surface area contributed by atoms with E-state index in [9.17, 15) is 0 Å². The van der Waals surface area contributed by atoms with Gasteiger partial charge in [-0.05, 0) is 59.3 Å². The summed E-state index contributed by atoms with van der Waals surface area (Å²) in [6.45, 7) is 21.8. The largest absolute Gasteiger partial charge is 0.478 e. The van der Waals surface area contributed by atoms with Crippen LogP contribution in [0.4, 0.5) is 0 Å². The van der Waals surface area contributed by atoms with Gasteiger partial charge in [-0.25, -0.2) is 0 Å². The van der Waals surface area contributed by atoms with Gasteiger partial charge in [0.05, 0.1) is 0 Å². The van der Waals surface area contributed by atoms with Crippen LogP contribution < -0.4 is 0 Å². The van der Waals surface area contributed by atoms with Crippen molar-refractivity contribution in [2.75, 3.05) is 6.61 Å². The molecule has 0 amide bonds. The Bertz CT molecular complexity index is 285. The van der Waals surface area contributed by atoms with Crippen LogP contribution in [0, 0.1) is 0 Å². The van der Waals surface area contributed by atoms with E-state index in [4.69, 9.17) is 16.8 Å². The lowest BCUT2D eigenvalue weighted by Gasteiger charge is -2.39. The second-order valence-electron chi connectivity index (χ2n) is 7.23. The molecule has 0 spiro atoms. The molecule has 0 aliphatic carbocycles. The van der Waals surface area contributed by atoms with Gasteiger partial charge in [-0.1, -0.05) is 0 Å². The first-order valence-corrected chi connectivity index (χ1v) is 18.8. The Hall–Kier alpha value is 0.708. The highest BCUT2D eigenvalue weighted by atomic mass is 28.5. The second kappa shape index (κ2) is 6.65. The van der Waals surface area contributed by atoms with E-state index in [1.165, 1.54) is 0 Å². The van der Waals surface area contributed by atoms with Crippen LogP contribution in [0.1, 0.15) is 6.92 Å². The summed E-state index contributed by atoms with van der Waals surface area (Å²) < 4.78 is 24.6. The molecular formula is C11H32O4Si4. The summed E-state index contributed by atoms with van der Waals surface area (Å²) in [5, 5.41) is 0. The van der Waals surface area contributed by atoms with Crippen molar-refractivity contribution in [3.8, 4) is 0 Å². The van der Waals surface area contributed by atoms with Crippen molar-refractivity contribution in [3.05, 3.63) is 0 Å². The van der Waals surface area contributed by atoms with E-state index < -0.39 is 34.0 Å². The topological polar surface area (TPSA) is 36.9 Å². The third-order valence-electron chi connectivity index (χ3n) is 1.88. The first-order chi connectivity index (χ1) is 8.18. The smallest absolute Gasteiger partial charge is 0.437 e. The zero-order chi connectivity index (χ0) is 15.5. The molecule has 8 heteroatoms. The zero-order valence-corrected chi connectivity index (χ0v) is 18.3. The second-order valence-corrected chi connectivity index (χ2v) is 22.9. The number of rotatable bonds is 8. The Morgan fingerprint density at radius 1 is 0.632 bits per heavy atom. The Balaban J connectivity index is 4.91. The summed E-state index contributed by atoms with van der Waals surface area (Å²) in [5.41, 5.74) is 0. The fraction of sp³-hybridized carbons (Fsp3) is 1.00. The molecule has 0 aromatic heterocycles. The monoisotopic (exact) mass is 340 g/mol. The lowest BCUT2D eigenvalue weighted by Crippen LogP contribution is -2.58. The van der Waals surface area contributed by atoms with Crippen molar-refractivity contribution in [1.82, 2.24) is 0 Å². The van der Waals surface area contributed by atoms with E-state index in [-0.39, 0.29) is 0 Å². The molecule has 1 atom stereocenters. The summed E-state index contributed by atoms with van der Waals surface area (Å²) in [6, 6.07) is 0. The molecule has 0 saturated heterocycles. The molecule has 0 bridgehead atoms. The Morgan fingerprint density at radius 3 is 1.37 bits per heavy atom. The van der Waals surface area contributed by atoms with E-state index in [2.05, 4.69) is 52.4 Å². The lowest BCUT2D eigenvalue weighted by molar-refractivity contribution is 0.164. The van der Waals surface area contributed by atoms with Crippen LogP contribution in [0.25, 0.3) is 0 Å². The fourth-order valence-corrected chi connectivity index (χ4v) is 18.1. The number of hydrogen-bond acceptors (Lipinski definition) is 4. The van der Waals surface area contributed by atoms with Gasteiger partial charge in [0.25, 0.3) is 0 Å².